The van der Waals surface area contributed by atoms with E-state index < -0.39 is 0 Å². The number of hydrogen-bond donors (Lipinski definition) is 3. The number of amides is 1. The number of benzene rings is 1. The largest absolute Gasteiger partial charge is 0.352 e. The summed E-state index contributed by atoms with van der Waals surface area (Å²) in [5, 5.41) is 17.7. The Hall–Kier alpha value is -3.42. The molecule has 0 saturated carbocycles. The lowest BCUT2D eigenvalue weighted by atomic mass is 10.2. The van der Waals surface area contributed by atoms with Gasteiger partial charge in [0.25, 0.3) is 0 Å². The maximum absolute atomic E-state index is 11.6. The van der Waals surface area contributed by atoms with Gasteiger partial charge in [0.05, 0.1) is 6.54 Å². The van der Waals surface area contributed by atoms with Gasteiger partial charge in [-0.25, -0.2) is 0 Å². The molecule has 0 saturated heterocycles. The maximum Gasteiger partial charge on any atom is 0.224 e. The molecule has 0 unspecified atom stereocenters. The van der Waals surface area contributed by atoms with Gasteiger partial charge in [0, 0.05) is 31.9 Å². The molecule has 0 fully saturated rings. The molecule has 0 radical (unpaired) electrons. The number of nitrogens with one attached hydrogen (secondary N) is 3. The van der Waals surface area contributed by atoms with Crippen LogP contribution in [0.2, 0.25) is 0 Å². The first kappa shape index (κ1) is 19.3. The SMILES string of the molecule is CCCC(=O)Nc1ccc(CNC(=NC)NCc2nnc3ccccn23)cc1. The third-order valence-corrected chi connectivity index (χ3v) is 4.20. The topological polar surface area (TPSA) is 95.7 Å². The van der Waals surface area contributed by atoms with Crippen molar-refractivity contribution in [3.05, 3.63) is 60.0 Å². The van der Waals surface area contributed by atoms with Crippen molar-refractivity contribution >= 4 is 23.2 Å². The third-order valence-electron chi connectivity index (χ3n) is 4.20. The Labute approximate surface area is 164 Å². The van der Waals surface area contributed by atoms with E-state index in [1.165, 1.54) is 0 Å². The zero-order valence-electron chi connectivity index (χ0n) is 16.1. The van der Waals surface area contributed by atoms with Crippen molar-refractivity contribution < 1.29 is 4.79 Å². The van der Waals surface area contributed by atoms with E-state index in [9.17, 15) is 4.79 Å². The molecule has 3 rings (SSSR count). The van der Waals surface area contributed by atoms with E-state index in [4.69, 9.17) is 0 Å². The predicted molar refractivity (Wildman–Crippen MR) is 110 cm³/mol. The van der Waals surface area contributed by atoms with Crippen LogP contribution in [0.25, 0.3) is 5.65 Å². The van der Waals surface area contributed by atoms with Gasteiger partial charge >= 0.3 is 0 Å². The molecule has 28 heavy (non-hydrogen) atoms. The van der Waals surface area contributed by atoms with E-state index in [2.05, 4.69) is 31.1 Å². The minimum absolute atomic E-state index is 0.0407. The average Bonchev–Trinajstić information content (AvgIpc) is 3.13. The van der Waals surface area contributed by atoms with E-state index in [0.717, 1.165) is 29.1 Å². The molecule has 0 aliphatic carbocycles. The number of pyridine rings is 1. The standard InChI is InChI=1S/C20H25N7O/c1-3-6-19(28)24-16-10-8-15(9-11-16)13-22-20(21-2)23-14-18-26-25-17-7-4-5-12-27(17)18/h4-5,7-12H,3,6,13-14H2,1-2H3,(H,24,28)(H2,21,22,23). The zero-order valence-corrected chi connectivity index (χ0v) is 16.1. The third kappa shape index (κ3) is 5.06. The van der Waals surface area contributed by atoms with Gasteiger partial charge in [0.1, 0.15) is 0 Å². The highest BCUT2D eigenvalue weighted by Gasteiger charge is 2.06. The van der Waals surface area contributed by atoms with Crippen molar-refractivity contribution in [1.29, 1.82) is 0 Å². The molecule has 2 heterocycles. The lowest BCUT2D eigenvalue weighted by Crippen LogP contribution is -2.36. The smallest absolute Gasteiger partial charge is 0.224 e. The summed E-state index contributed by atoms with van der Waals surface area (Å²) in [6, 6.07) is 13.6. The minimum atomic E-state index is 0.0407. The Morgan fingerprint density at radius 2 is 1.86 bits per heavy atom. The lowest BCUT2D eigenvalue weighted by Gasteiger charge is -2.12. The Bertz CT molecular complexity index is 947. The van der Waals surface area contributed by atoms with Crippen LogP contribution in [0.4, 0.5) is 5.69 Å². The summed E-state index contributed by atoms with van der Waals surface area (Å²) in [7, 11) is 1.73. The fourth-order valence-electron chi connectivity index (χ4n) is 2.74. The summed E-state index contributed by atoms with van der Waals surface area (Å²) < 4.78 is 1.94. The number of hydrogen-bond acceptors (Lipinski definition) is 4. The van der Waals surface area contributed by atoms with Crippen molar-refractivity contribution in [2.45, 2.75) is 32.9 Å². The van der Waals surface area contributed by atoms with Crippen LogP contribution in [0.15, 0.2) is 53.7 Å². The van der Waals surface area contributed by atoms with E-state index in [1.54, 1.807) is 7.05 Å². The van der Waals surface area contributed by atoms with Gasteiger partial charge < -0.3 is 16.0 Å². The molecule has 146 valence electrons. The first-order chi connectivity index (χ1) is 13.7. The Morgan fingerprint density at radius 3 is 2.61 bits per heavy atom. The van der Waals surface area contributed by atoms with E-state index >= 15 is 0 Å². The number of guanidine groups is 1. The summed E-state index contributed by atoms with van der Waals surface area (Å²) in [6.45, 7) is 3.11. The number of rotatable bonds is 7. The predicted octanol–water partition coefficient (Wildman–Crippen LogP) is 2.33. The minimum Gasteiger partial charge on any atom is -0.352 e. The molecule has 0 aliphatic heterocycles. The summed E-state index contributed by atoms with van der Waals surface area (Å²) in [4.78, 5) is 15.9. The van der Waals surface area contributed by atoms with Crippen LogP contribution in [0.5, 0.6) is 0 Å². The molecule has 3 N–H and O–H groups in total. The van der Waals surface area contributed by atoms with Gasteiger partial charge in [-0.3, -0.25) is 14.2 Å². The highest BCUT2D eigenvalue weighted by molar-refractivity contribution is 5.90. The summed E-state index contributed by atoms with van der Waals surface area (Å²) in [6.07, 6.45) is 3.31. The average molecular weight is 379 g/mol. The van der Waals surface area contributed by atoms with Crippen molar-refractivity contribution in [2.75, 3.05) is 12.4 Å². The Balaban J connectivity index is 1.50. The first-order valence-corrected chi connectivity index (χ1v) is 9.31. The molecule has 1 amide bonds. The van der Waals surface area contributed by atoms with Crippen LogP contribution in [-0.2, 0) is 17.9 Å². The van der Waals surface area contributed by atoms with Crippen LogP contribution in [-0.4, -0.2) is 33.5 Å². The fourth-order valence-corrected chi connectivity index (χ4v) is 2.74. The molecular weight excluding hydrogens is 354 g/mol. The number of nitrogens with zero attached hydrogens (tertiary/aromatic N) is 4. The molecule has 2 aromatic heterocycles. The number of aromatic nitrogens is 3. The monoisotopic (exact) mass is 379 g/mol. The van der Waals surface area contributed by atoms with Crippen LogP contribution in [0.3, 0.4) is 0 Å². The molecule has 0 bridgehead atoms. The zero-order chi connectivity index (χ0) is 19.8. The van der Waals surface area contributed by atoms with Crippen molar-refractivity contribution in [1.82, 2.24) is 25.2 Å². The van der Waals surface area contributed by atoms with Gasteiger partial charge in [-0.1, -0.05) is 25.1 Å². The van der Waals surface area contributed by atoms with Crippen LogP contribution < -0.4 is 16.0 Å². The molecule has 3 aromatic rings. The Morgan fingerprint density at radius 1 is 1.07 bits per heavy atom. The molecular formula is C20H25N7O. The Kier molecular flexibility index (Phi) is 6.56. The quantitative estimate of drug-likeness (QED) is 0.433. The molecule has 8 nitrogen and oxygen atoms in total. The highest BCUT2D eigenvalue weighted by atomic mass is 16.1. The lowest BCUT2D eigenvalue weighted by molar-refractivity contribution is -0.116. The normalized spacial score (nSPS) is 11.4. The van der Waals surface area contributed by atoms with Crippen LogP contribution in [0, 0.1) is 0 Å². The van der Waals surface area contributed by atoms with Crippen molar-refractivity contribution in [3.8, 4) is 0 Å². The van der Waals surface area contributed by atoms with Gasteiger partial charge in [-0.15, -0.1) is 10.2 Å². The number of aliphatic imine (C=N–C) groups is 1. The second kappa shape index (κ2) is 9.50. The molecule has 0 atom stereocenters. The second-order valence-corrected chi connectivity index (χ2v) is 6.32. The van der Waals surface area contributed by atoms with Crippen molar-refractivity contribution in [2.24, 2.45) is 4.99 Å². The van der Waals surface area contributed by atoms with Crippen molar-refractivity contribution in [3.63, 3.8) is 0 Å². The van der Waals surface area contributed by atoms with Crippen LogP contribution in [0.1, 0.15) is 31.2 Å². The number of anilines is 1. The van der Waals surface area contributed by atoms with E-state index in [-0.39, 0.29) is 5.91 Å². The van der Waals surface area contributed by atoms with Gasteiger partial charge in [-0.05, 0) is 36.2 Å². The van der Waals surface area contributed by atoms with Gasteiger partial charge in [0.15, 0.2) is 17.4 Å². The van der Waals surface area contributed by atoms with E-state index in [1.807, 2.05) is 60.0 Å². The highest BCUT2D eigenvalue weighted by Crippen LogP contribution is 2.10. The first-order valence-electron chi connectivity index (χ1n) is 9.31. The number of fused-ring (bicyclic) bond motifs is 1. The molecule has 0 aliphatic rings. The number of carbonyl (C=O) groups is 1. The fraction of sp³-hybridized carbons (Fsp3) is 0.300. The summed E-state index contributed by atoms with van der Waals surface area (Å²) in [5.41, 5.74) is 2.71. The summed E-state index contributed by atoms with van der Waals surface area (Å²) >= 11 is 0. The summed E-state index contributed by atoms with van der Waals surface area (Å²) in [5.74, 6) is 1.53. The van der Waals surface area contributed by atoms with E-state index in [0.29, 0.717) is 25.5 Å². The molecule has 8 heteroatoms. The van der Waals surface area contributed by atoms with Crippen LogP contribution >= 0.6 is 0 Å². The maximum atomic E-state index is 11.6. The number of carbonyl (C=O) groups excluding carboxylic acids is 1. The van der Waals surface area contributed by atoms with Gasteiger partial charge in [0.2, 0.25) is 5.91 Å². The van der Waals surface area contributed by atoms with Gasteiger partial charge in [-0.2, -0.15) is 0 Å². The second-order valence-electron chi connectivity index (χ2n) is 6.32. The molecule has 1 aromatic carbocycles. The molecule has 0 spiro atoms.